The van der Waals surface area contributed by atoms with Gasteiger partial charge in [0.05, 0.1) is 31.8 Å². The number of hydrogen-bond donors (Lipinski definition) is 3. The molecule has 2 aromatic rings. The third kappa shape index (κ3) is 5.10. The van der Waals surface area contributed by atoms with Crippen LogP contribution in [-0.4, -0.2) is 61.4 Å². The van der Waals surface area contributed by atoms with E-state index < -0.39 is 0 Å². The molecule has 0 saturated carbocycles. The van der Waals surface area contributed by atoms with Crippen LogP contribution in [0.15, 0.2) is 23.0 Å². The number of aryl methyl sites for hydroxylation is 2. The monoisotopic (exact) mass is 403 g/mol. The fourth-order valence-electron chi connectivity index (χ4n) is 3.90. The summed E-state index contributed by atoms with van der Waals surface area (Å²) in [5.41, 5.74) is 3.91. The van der Waals surface area contributed by atoms with Gasteiger partial charge >= 0.3 is 0 Å². The fraction of sp³-hybridized carbons (Fsp3) is 0.524. The lowest BCUT2D eigenvalue weighted by Gasteiger charge is -2.27. The molecular weight excluding hydrogens is 372 g/mol. The molecule has 3 rings (SSSR count). The van der Waals surface area contributed by atoms with Gasteiger partial charge in [0.1, 0.15) is 13.1 Å². The second-order valence-electron chi connectivity index (χ2n) is 7.61. The lowest BCUT2D eigenvalue weighted by molar-refractivity contribution is -0.908. The van der Waals surface area contributed by atoms with Crippen molar-refractivity contribution in [1.82, 2.24) is 15.2 Å². The Balaban J connectivity index is 1.73. The van der Waals surface area contributed by atoms with Gasteiger partial charge in [0, 0.05) is 25.6 Å². The Morgan fingerprint density at radius 3 is 2.75 bits per heavy atom. The topological polar surface area (TPSA) is 61.8 Å². The predicted octanol–water partition coefficient (Wildman–Crippen LogP) is 0.756. The second kappa shape index (κ2) is 9.49. The van der Waals surface area contributed by atoms with Gasteiger partial charge < -0.3 is 24.8 Å². The summed E-state index contributed by atoms with van der Waals surface area (Å²) in [7, 11) is 1.83. The Morgan fingerprint density at radius 2 is 2.04 bits per heavy atom. The molecule has 6 nitrogen and oxygen atoms in total. The van der Waals surface area contributed by atoms with E-state index >= 15 is 0 Å². The van der Waals surface area contributed by atoms with E-state index in [4.69, 9.17) is 17.0 Å². The minimum absolute atomic E-state index is 0.0397. The van der Waals surface area contributed by atoms with Gasteiger partial charge in [0.15, 0.2) is 5.11 Å². The number of hydrogen-bond acceptors (Lipinski definition) is 3. The Labute approximate surface area is 171 Å². The molecule has 0 radical (unpaired) electrons. The van der Waals surface area contributed by atoms with Crippen LogP contribution in [-0.2, 0) is 11.3 Å². The van der Waals surface area contributed by atoms with Gasteiger partial charge in [-0.1, -0.05) is 11.6 Å². The number of ether oxygens (including phenoxy) is 1. The maximum Gasteiger partial charge on any atom is 0.253 e. The molecule has 7 heteroatoms. The summed E-state index contributed by atoms with van der Waals surface area (Å²) in [5.74, 6) is 0. The second-order valence-corrected chi connectivity index (χ2v) is 8.00. The number of fused-ring (bicyclic) bond motifs is 1. The molecule has 3 N–H and O–H groups in total. The lowest BCUT2D eigenvalue weighted by Crippen LogP contribution is -3.14. The van der Waals surface area contributed by atoms with Crippen LogP contribution in [0.25, 0.3) is 10.9 Å². The van der Waals surface area contributed by atoms with Crippen molar-refractivity contribution >= 4 is 28.2 Å². The number of benzene rings is 1. The number of nitrogens with one attached hydrogen (secondary N) is 3. The third-order valence-corrected chi connectivity index (χ3v) is 5.85. The van der Waals surface area contributed by atoms with Crippen molar-refractivity contribution in [2.45, 2.75) is 26.8 Å². The molecule has 0 atom stereocenters. The van der Waals surface area contributed by atoms with E-state index in [9.17, 15) is 4.79 Å². The van der Waals surface area contributed by atoms with Gasteiger partial charge in [-0.05, 0) is 49.1 Å². The minimum Gasteiger partial charge on any atom is -0.370 e. The number of aromatic amines is 1. The summed E-state index contributed by atoms with van der Waals surface area (Å²) in [6, 6.07) is 6.21. The summed E-state index contributed by atoms with van der Waals surface area (Å²) >= 11 is 5.50. The number of H-pyrrole nitrogens is 1. The summed E-state index contributed by atoms with van der Waals surface area (Å²) in [5, 5.41) is 4.81. The molecular formula is C21H31N4O2S+. The predicted molar refractivity (Wildman–Crippen MR) is 117 cm³/mol. The summed E-state index contributed by atoms with van der Waals surface area (Å²) in [6.45, 7) is 10.4. The highest BCUT2D eigenvalue weighted by molar-refractivity contribution is 7.80. The molecule has 1 aliphatic heterocycles. The molecule has 1 aliphatic rings. The summed E-state index contributed by atoms with van der Waals surface area (Å²) in [4.78, 5) is 19.4. The van der Waals surface area contributed by atoms with Crippen molar-refractivity contribution < 1.29 is 9.64 Å². The van der Waals surface area contributed by atoms with Crippen molar-refractivity contribution in [2.75, 3.05) is 46.4 Å². The van der Waals surface area contributed by atoms with Crippen LogP contribution in [0.5, 0.6) is 0 Å². The smallest absolute Gasteiger partial charge is 0.253 e. The van der Waals surface area contributed by atoms with Gasteiger partial charge in [-0.3, -0.25) is 4.79 Å². The molecule has 2 heterocycles. The maximum atomic E-state index is 12.7. The van der Waals surface area contributed by atoms with Crippen LogP contribution < -0.4 is 15.8 Å². The number of rotatable bonds is 6. The lowest BCUT2D eigenvalue weighted by atomic mass is 10.1. The Bertz CT molecular complexity index is 890. The average Bonchev–Trinajstić information content (AvgIpc) is 2.68. The van der Waals surface area contributed by atoms with E-state index in [-0.39, 0.29) is 5.56 Å². The van der Waals surface area contributed by atoms with Crippen LogP contribution in [0, 0.1) is 13.8 Å². The van der Waals surface area contributed by atoms with Gasteiger partial charge in [-0.15, -0.1) is 0 Å². The number of aromatic nitrogens is 1. The van der Waals surface area contributed by atoms with Crippen LogP contribution in [0.4, 0.5) is 0 Å². The number of thiocarbonyl (C=S) groups is 1. The molecule has 0 unspecified atom stereocenters. The first-order chi connectivity index (χ1) is 13.5. The standard InChI is InChI=1S/C21H30N4O2S/c1-15-11-16(2)19-17(12-15)13-18(20(26)23-19)14-25(21(28)22-3)6-4-5-24-7-9-27-10-8-24/h11-13H,4-10,14H2,1-3H3,(H,22,28)(H,23,26)/p+1. The zero-order valence-corrected chi connectivity index (χ0v) is 17.9. The largest absolute Gasteiger partial charge is 0.370 e. The molecule has 1 saturated heterocycles. The molecule has 0 spiro atoms. The molecule has 1 fully saturated rings. The van der Waals surface area contributed by atoms with E-state index in [1.807, 2.05) is 20.0 Å². The molecule has 28 heavy (non-hydrogen) atoms. The molecule has 0 aliphatic carbocycles. The van der Waals surface area contributed by atoms with E-state index in [1.165, 1.54) is 5.56 Å². The number of nitrogens with zero attached hydrogens (tertiary/aromatic N) is 1. The molecule has 152 valence electrons. The summed E-state index contributed by atoms with van der Waals surface area (Å²) in [6.07, 6.45) is 1.03. The molecule has 0 amide bonds. The Morgan fingerprint density at radius 1 is 1.29 bits per heavy atom. The third-order valence-electron chi connectivity index (χ3n) is 5.39. The minimum atomic E-state index is -0.0397. The van der Waals surface area contributed by atoms with Gasteiger partial charge in [-0.2, -0.15) is 0 Å². The van der Waals surface area contributed by atoms with E-state index in [1.54, 1.807) is 4.90 Å². The first-order valence-electron chi connectivity index (χ1n) is 9.99. The average molecular weight is 404 g/mol. The zero-order chi connectivity index (χ0) is 20.1. The fourth-order valence-corrected chi connectivity index (χ4v) is 4.05. The van der Waals surface area contributed by atoms with Crippen molar-refractivity contribution in [3.05, 3.63) is 45.2 Å². The van der Waals surface area contributed by atoms with Gasteiger partial charge in [0.25, 0.3) is 5.56 Å². The molecule has 1 aromatic carbocycles. The van der Waals surface area contributed by atoms with E-state index in [0.717, 1.165) is 67.8 Å². The van der Waals surface area contributed by atoms with Crippen LogP contribution >= 0.6 is 12.2 Å². The van der Waals surface area contributed by atoms with Crippen LogP contribution in [0.1, 0.15) is 23.1 Å². The Hall–Kier alpha value is -1.96. The Kier molecular flexibility index (Phi) is 7.04. The number of morpholine rings is 1. The number of pyridine rings is 1. The summed E-state index contributed by atoms with van der Waals surface area (Å²) < 4.78 is 5.43. The van der Waals surface area contributed by atoms with Crippen LogP contribution in [0.3, 0.4) is 0 Å². The normalized spacial score (nSPS) is 15.0. The zero-order valence-electron chi connectivity index (χ0n) is 17.1. The maximum absolute atomic E-state index is 12.7. The molecule has 1 aromatic heterocycles. The number of quaternary nitrogens is 1. The first kappa shape index (κ1) is 20.8. The highest BCUT2D eigenvalue weighted by atomic mass is 32.1. The van der Waals surface area contributed by atoms with E-state index in [2.05, 4.69) is 34.3 Å². The van der Waals surface area contributed by atoms with E-state index in [0.29, 0.717) is 11.7 Å². The van der Waals surface area contributed by atoms with Crippen molar-refractivity contribution in [2.24, 2.45) is 0 Å². The highest BCUT2D eigenvalue weighted by Gasteiger charge is 2.16. The highest BCUT2D eigenvalue weighted by Crippen LogP contribution is 2.18. The molecule has 0 bridgehead atoms. The van der Waals surface area contributed by atoms with Crippen LogP contribution in [0.2, 0.25) is 0 Å². The first-order valence-corrected chi connectivity index (χ1v) is 10.4. The van der Waals surface area contributed by atoms with Gasteiger partial charge in [-0.25, -0.2) is 0 Å². The quantitative estimate of drug-likeness (QED) is 0.622. The van der Waals surface area contributed by atoms with Crippen molar-refractivity contribution in [3.8, 4) is 0 Å². The SMILES string of the molecule is CNC(=S)N(CCC[NH+]1CCOCC1)Cc1cc2cc(C)cc(C)c2[nH]c1=O. The van der Waals surface area contributed by atoms with Crippen molar-refractivity contribution in [1.29, 1.82) is 0 Å². The van der Waals surface area contributed by atoms with Crippen molar-refractivity contribution in [3.63, 3.8) is 0 Å². The van der Waals surface area contributed by atoms with Gasteiger partial charge in [0.2, 0.25) is 0 Å².